The van der Waals surface area contributed by atoms with E-state index in [2.05, 4.69) is 5.32 Å². The molecule has 3 rings (SSSR count). The molecule has 1 fully saturated rings. The van der Waals surface area contributed by atoms with Crippen LogP contribution >= 0.6 is 0 Å². The lowest BCUT2D eigenvalue weighted by atomic mass is 9.97. The molecule has 0 aromatic heterocycles. The molecule has 0 unspecified atom stereocenters. The molecule has 1 saturated heterocycles. The van der Waals surface area contributed by atoms with Crippen molar-refractivity contribution in [3.05, 3.63) is 29.3 Å². The van der Waals surface area contributed by atoms with Gasteiger partial charge in [0.1, 0.15) is 0 Å². The van der Waals surface area contributed by atoms with Gasteiger partial charge in [-0.25, -0.2) is 8.42 Å². The van der Waals surface area contributed by atoms with Crippen LogP contribution in [0.25, 0.3) is 0 Å². The summed E-state index contributed by atoms with van der Waals surface area (Å²) in [5.41, 5.74) is 2.45. The fourth-order valence-electron chi connectivity index (χ4n) is 3.68. The number of nitrogens with zero attached hydrogens (tertiary/aromatic N) is 1. The maximum atomic E-state index is 12.9. The number of piperidine rings is 1. The van der Waals surface area contributed by atoms with Gasteiger partial charge in [-0.2, -0.15) is 4.31 Å². The van der Waals surface area contributed by atoms with Crippen LogP contribution in [-0.2, 0) is 27.7 Å². The van der Waals surface area contributed by atoms with E-state index in [1.165, 1.54) is 15.4 Å². The van der Waals surface area contributed by atoms with Crippen LogP contribution in [-0.4, -0.2) is 37.8 Å². The molecule has 1 aromatic carbocycles. The Balaban J connectivity index is 1.65. The third-order valence-electron chi connectivity index (χ3n) is 5.53. The van der Waals surface area contributed by atoms with E-state index in [9.17, 15) is 13.2 Å². The second-order valence-corrected chi connectivity index (χ2v) is 9.22. The molecule has 5 nitrogen and oxygen atoms in total. The molecule has 1 aliphatic heterocycles. The number of fused-ring (bicyclic) bond motifs is 1. The lowest BCUT2D eigenvalue weighted by molar-refractivity contribution is -0.126. The Hall–Kier alpha value is -1.40. The van der Waals surface area contributed by atoms with Crippen molar-refractivity contribution in [2.24, 2.45) is 5.92 Å². The quantitative estimate of drug-likeness (QED) is 0.873. The molecule has 6 heteroatoms. The van der Waals surface area contributed by atoms with Gasteiger partial charge in [-0.05, 0) is 68.7 Å². The Labute approximate surface area is 150 Å². The second kappa shape index (κ2) is 7.46. The van der Waals surface area contributed by atoms with Gasteiger partial charge in [-0.1, -0.05) is 13.0 Å². The smallest absolute Gasteiger partial charge is 0.243 e. The van der Waals surface area contributed by atoms with Crippen molar-refractivity contribution < 1.29 is 13.2 Å². The minimum Gasteiger partial charge on any atom is -0.353 e. The van der Waals surface area contributed by atoms with Gasteiger partial charge in [-0.3, -0.25) is 4.79 Å². The van der Waals surface area contributed by atoms with E-state index in [0.717, 1.165) is 25.7 Å². The average Bonchev–Trinajstić information content (AvgIpc) is 3.09. The number of sulfonamides is 1. The van der Waals surface area contributed by atoms with E-state index < -0.39 is 10.0 Å². The molecule has 1 heterocycles. The van der Waals surface area contributed by atoms with E-state index in [-0.39, 0.29) is 17.9 Å². The Morgan fingerprint density at radius 2 is 1.92 bits per heavy atom. The van der Waals surface area contributed by atoms with Crippen LogP contribution in [0.4, 0.5) is 0 Å². The number of rotatable bonds is 5. The Morgan fingerprint density at radius 1 is 1.24 bits per heavy atom. The van der Waals surface area contributed by atoms with E-state index in [1.54, 1.807) is 6.07 Å². The SMILES string of the molecule is CC[C@@H](C)NC(=O)C1CCN(S(=O)(=O)c2ccc3c(c2)CCC3)CC1. The normalized spacial score (nSPS) is 20.2. The number of benzene rings is 1. The highest BCUT2D eigenvalue weighted by atomic mass is 32.2. The average molecular weight is 365 g/mol. The van der Waals surface area contributed by atoms with Crippen molar-refractivity contribution in [1.29, 1.82) is 0 Å². The first kappa shape index (κ1) is 18.4. The van der Waals surface area contributed by atoms with E-state index in [4.69, 9.17) is 0 Å². The van der Waals surface area contributed by atoms with Crippen LogP contribution in [0.3, 0.4) is 0 Å². The summed E-state index contributed by atoms with van der Waals surface area (Å²) in [6.07, 6.45) is 5.20. The zero-order valence-electron chi connectivity index (χ0n) is 15.1. The summed E-state index contributed by atoms with van der Waals surface area (Å²) >= 11 is 0. The first-order valence-electron chi connectivity index (χ1n) is 9.34. The molecule has 1 atom stereocenters. The molecule has 1 N–H and O–H groups in total. The molecule has 2 aliphatic rings. The fourth-order valence-corrected chi connectivity index (χ4v) is 5.20. The molecule has 1 aromatic rings. The van der Waals surface area contributed by atoms with Gasteiger partial charge in [0.05, 0.1) is 4.90 Å². The summed E-state index contributed by atoms with van der Waals surface area (Å²) in [6, 6.07) is 5.71. The maximum absolute atomic E-state index is 12.9. The Morgan fingerprint density at radius 3 is 2.60 bits per heavy atom. The van der Waals surface area contributed by atoms with E-state index >= 15 is 0 Å². The van der Waals surface area contributed by atoms with Crippen molar-refractivity contribution in [3.63, 3.8) is 0 Å². The first-order valence-corrected chi connectivity index (χ1v) is 10.8. The van der Waals surface area contributed by atoms with Gasteiger partial charge >= 0.3 is 0 Å². The van der Waals surface area contributed by atoms with Crippen LogP contribution in [0.2, 0.25) is 0 Å². The van der Waals surface area contributed by atoms with Crippen molar-refractivity contribution in [1.82, 2.24) is 9.62 Å². The number of nitrogens with one attached hydrogen (secondary N) is 1. The van der Waals surface area contributed by atoms with Crippen LogP contribution < -0.4 is 5.32 Å². The summed E-state index contributed by atoms with van der Waals surface area (Å²) in [5.74, 6) is -0.0237. The number of amides is 1. The molecule has 1 aliphatic carbocycles. The lowest BCUT2D eigenvalue weighted by Crippen LogP contribution is -2.44. The largest absolute Gasteiger partial charge is 0.353 e. The van der Waals surface area contributed by atoms with Gasteiger partial charge in [0.2, 0.25) is 15.9 Å². The zero-order chi connectivity index (χ0) is 18.0. The van der Waals surface area contributed by atoms with E-state index in [1.807, 2.05) is 26.0 Å². The monoisotopic (exact) mass is 364 g/mol. The van der Waals surface area contributed by atoms with Crippen LogP contribution in [0.1, 0.15) is 50.7 Å². The van der Waals surface area contributed by atoms with Crippen molar-refractivity contribution >= 4 is 15.9 Å². The topological polar surface area (TPSA) is 66.5 Å². The Kier molecular flexibility index (Phi) is 5.49. The lowest BCUT2D eigenvalue weighted by Gasteiger charge is -2.31. The summed E-state index contributed by atoms with van der Waals surface area (Å²) in [5, 5.41) is 3.01. The molecule has 1 amide bonds. The zero-order valence-corrected chi connectivity index (χ0v) is 15.9. The van der Waals surface area contributed by atoms with Gasteiger partial charge in [-0.15, -0.1) is 0 Å². The van der Waals surface area contributed by atoms with Gasteiger partial charge in [0.15, 0.2) is 0 Å². The Bertz CT molecular complexity index is 737. The first-order chi connectivity index (χ1) is 11.9. The maximum Gasteiger partial charge on any atom is 0.243 e. The highest BCUT2D eigenvalue weighted by Gasteiger charge is 2.32. The molecule has 138 valence electrons. The minimum absolute atomic E-state index is 0.0592. The van der Waals surface area contributed by atoms with E-state index in [0.29, 0.717) is 30.8 Å². The highest BCUT2D eigenvalue weighted by Crippen LogP contribution is 2.28. The van der Waals surface area contributed by atoms with Crippen LogP contribution in [0.5, 0.6) is 0 Å². The number of aryl methyl sites for hydroxylation is 2. The van der Waals surface area contributed by atoms with Gasteiger partial charge in [0, 0.05) is 25.0 Å². The summed E-state index contributed by atoms with van der Waals surface area (Å²) in [6.45, 7) is 4.86. The predicted octanol–water partition coefficient (Wildman–Crippen LogP) is 2.49. The number of carbonyl (C=O) groups excluding carboxylic acids is 1. The van der Waals surface area contributed by atoms with Crippen LogP contribution in [0, 0.1) is 5.92 Å². The standard InChI is InChI=1S/C19H28N2O3S/c1-3-14(2)20-19(22)16-9-11-21(12-10-16)25(23,24)18-8-7-15-5-4-6-17(15)13-18/h7-8,13-14,16H,3-6,9-12H2,1-2H3,(H,20,22)/t14-/m1/s1. The summed E-state index contributed by atoms with van der Waals surface area (Å²) in [4.78, 5) is 12.6. The number of carbonyl (C=O) groups is 1. The summed E-state index contributed by atoms with van der Waals surface area (Å²) < 4.78 is 27.4. The number of hydrogen-bond donors (Lipinski definition) is 1. The van der Waals surface area contributed by atoms with Gasteiger partial charge in [0.25, 0.3) is 0 Å². The number of hydrogen-bond acceptors (Lipinski definition) is 3. The molecule has 0 saturated carbocycles. The second-order valence-electron chi connectivity index (χ2n) is 7.28. The molecule has 0 spiro atoms. The molecule has 0 radical (unpaired) electrons. The molecular weight excluding hydrogens is 336 g/mol. The highest BCUT2D eigenvalue weighted by molar-refractivity contribution is 7.89. The fraction of sp³-hybridized carbons (Fsp3) is 0.632. The van der Waals surface area contributed by atoms with Crippen molar-refractivity contribution in [3.8, 4) is 0 Å². The van der Waals surface area contributed by atoms with Crippen molar-refractivity contribution in [2.45, 2.75) is 63.3 Å². The minimum atomic E-state index is -3.46. The van der Waals surface area contributed by atoms with Gasteiger partial charge < -0.3 is 5.32 Å². The summed E-state index contributed by atoms with van der Waals surface area (Å²) in [7, 11) is -3.46. The van der Waals surface area contributed by atoms with Crippen molar-refractivity contribution in [2.75, 3.05) is 13.1 Å². The van der Waals surface area contributed by atoms with Crippen LogP contribution in [0.15, 0.2) is 23.1 Å². The predicted molar refractivity (Wildman–Crippen MR) is 97.8 cm³/mol. The molecular formula is C19H28N2O3S. The molecule has 25 heavy (non-hydrogen) atoms. The molecule has 0 bridgehead atoms. The third kappa shape index (κ3) is 3.90. The third-order valence-corrected chi connectivity index (χ3v) is 7.43.